The molecule has 0 amide bonds. The highest BCUT2D eigenvalue weighted by Crippen LogP contribution is 2.34. The van der Waals surface area contributed by atoms with Crippen molar-refractivity contribution in [3.8, 4) is 0 Å². The van der Waals surface area contributed by atoms with Crippen LogP contribution >= 0.6 is 0 Å². The highest BCUT2D eigenvalue weighted by molar-refractivity contribution is 5.82. The minimum atomic E-state index is 0.246. The maximum Gasteiger partial charge on any atom is 0.137 e. The van der Waals surface area contributed by atoms with Gasteiger partial charge in [-0.3, -0.25) is 9.69 Å². The average Bonchev–Trinajstić information content (AvgIpc) is 2.36. The van der Waals surface area contributed by atoms with Crippen LogP contribution in [0.15, 0.2) is 0 Å². The lowest BCUT2D eigenvalue weighted by Gasteiger charge is -2.41. The third-order valence-corrected chi connectivity index (χ3v) is 5.40. The van der Waals surface area contributed by atoms with Crippen LogP contribution in [0.3, 0.4) is 0 Å². The fraction of sp³-hybridized carbons (Fsp3) is 0.941. The van der Waals surface area contributed by atoms with Crippen molar-refractivity contribution in [3.05, 3.63) is 0 Å². The minimum Gasteiger partial charge on any atom is -0.396 e. The monoisotopic (exact) mass is 281 g/mol. The molecule has 0 aromatic heterocycles. The Kier molecular flexibility index (Phi) is 6.03. The molecule has 3 heteroatoms. The molecule has 2 fully saturated rings. The maximum atomic E-state index is 12.2. The summed E-state index contributed by atoms with van der Waals surface area (Å²) in [6.07, 6.45) is 7.68. The highest BCUT2D eigenvalue weighted by atomic mass is 16.3. The van der Waals surface area contributed by atoms with E-state index in [2.05, 4.69) is 18.7 Å². The van der Waals surface area contributed by atoms with Crippen molar-refractivity contribution in [2.24, 2.45) is 17.8 Å². The van der Waals surface area contributed by atoms with Crippen LogP contribution in [-0.2, 0) is 4.79 Å². The fourth-order valence-electron chi connectivity index (χ4n) is 3.66. The standard InChI is InChI=1S/C17H31NO2/c1-13(2)14-7-8-17(20)15(11-14)12-18(9-4-10-19)16-5-3-6-16/h13-16,19H,3-12H2,1-2H3. The van der Waals surface area contributed by atoms with E-state index in [-0.39, 0.29) is 12.5 Å². The summed E-state index contributed by atoms with van der Waals surface area (Å²) in [6.45, 7) is 6.72. The van der Waals surface area contributed by atoms with Crippen molar-refractivity contribution in [1.82, 2.24) is 4.90 Å². The lowest BCUT2D eigenvalue weighted by atomic mass is 9.75. The van der Waals surface area contributed by atoms with Gasteiger partial charge in [0.15, 0.2) is 0 Å². The summed E-state index contributed by atoms with van der Waals surface area (Å²) in [5.74, 6) is 2.14. The molecule has 2 unspecified atom stereocenters. The molecule has 0 spiro atoms. The van der Waals surface area contributed by atoms with Crippen LogP contribution in [0.5, 0.6) is 0 Å². The van der Waals surface area contributed by atoms with E-state index in [0.717, 1.165) is 44.7 Å². The summed E-state index contributed by atoms with van der Waals surface area (Å²) in [5.41, 5.74) is 0. The largest absolute Gasteiger partial charge is 0.396 e. The second-order valence-corrected chi connectivity index (χ2v) is 7.10. The zero-order valence-corrected chi connectivity index (χ0v) is 13.2. The number of nitrogens with zero attached hydrogens (tertiary/aromatic N) is 1. The van der Waals surface area contributed by atoms with Gasteiger partial charge in [-0.2, -0.15) is 0 Å². The number of carbonyl (C=O) groups excluding carboxylic acids is 1. The maximum absolute atomic E-state index is 12.2. The first-order chi connectivity index (χ1) is 9.61. The zero-order chi connectivity index (χ0) is 14.5. The van der Waals surface area contributed by atoms with Crippen LogP contribution in [0.2, 0.25) is 0 Å². The summed E-state index contributed by atoms with van der Waals surface area (Å²) in [6, 6.07) is 0.675. The van der Waals surface area contributed by atoms with Gasteiger partial charge in [-0.05, 0) is 43.9 Å². The predicted octanol–water partition coefficient (Wildman–Crippen LogP) is 2.86. The van der Waals surface area contributed by atoms with Gasteiger partial charge in [0, 0.05) is 38.1 Å². The summed E-state index contributed by atoms with van der Waals surface area (Å²) in [5, 5.41) is 9.07. The third kappa shape index (κ3) is 4.05. The highest BCUT2D eigenvalue weighted by Gasteiger charge is 2.33. The molecule has 2 atom stereocenters. The SMILES string of the molecule is CC(C)C1CCC(=O)C(CN(CCCO)C2CCC2)C1. The van der Waals surface area contributed by atoms with E-state index < -0.39 is 0 Å². The number of rotatable bonds is 7. The predicted molar refractivity (Wildman–Crippen MR) is 81.6 cm³/mol. The smallest absolute Gasteiger partial charge is 0.137 e. The van der Waals surface area contributed by atoms with Crippen molar-refractivity contribution >= 4 is 5.78 Å². The van der Waals surface area contributed by atoms with Crippen LogP contribution in [0.4, 0.5) is 0 Å². The summed E-state index contributed by atoms with van der Waals surface area (Å²) < 4.78 is 0. The Labute approximate surface area is 123 Å². The van der Waals surface area contributed by atoms with Gasteiger partial charge in [0.1, 0.15) is 5.78 Å². The van der Waals surface area contributed by atoms with Crippen molar-refractivity contribution in [1.29, 1.82) is 0 Å². The number of aliphatic hydroxyl groups excluding tert-OH is 1. The van der Waals surface area contributed by atoms with Gasteiger partial charge in [0.05, 0.1) is 0 Å². The molecule has 0 radical (unpaired) electrons. The van der Waals surface area contributed by atoms with Gasteiger partial charge in [-0.25, -0.2) is 0 Å². The molecule has 0 aliphatic heterocycles. The number of ketones is 1. The Morgan fingerprint density at radius 3 is 2.60 bits per heavy atom. The van der Waals surface area contributed by atoms with Crippen LogP contribution in [0.25, 0.3) is 0 Å². The lowest BCUT2D eigenvalue weighted by molar-refractivity contribution is -0.127. The molecule has 0 aromatic rings. The van der Waals surface area contributed by atoms with Crippen molar-refractivity contribution in [3.63, 3.8) is 0 Å². The number of carbonyl (C=O) groups is 1. The molecule has 2 aliphatic carbocycles. The Morgan fingerprint density at radius 2 is 2.05 bits per heavy atom. The van der Waals surface area contributed by atoms with Gasteiger partial charge >= 0.3 is 0 Å². The zero-order valence-electron chi connectivity index (χ0n) is 13.2. The molecule has 0 bridgehead atoms. The van der Waals surface area contributed by atoms with Gasteiger partial charge in [0.2, 0.25) is 0 Å². The van der Waals surface area contributed by atoms with E-state index in [0.29, 0.717) is 17.7 Å². The number of hydrogen-bond donors (Lipinski definition) is 1. The molecule has 0 saturated heterocycles. The average molecular weight is 281 g/mol. The van der Waals surface area contributed by atoms with E-state index in [1.165, 1.54) is 19.3 Å². The quantitative estimate of drug-likeness (QED) is 0.780. The minimum absolute atomic E-state index is 0.246. The van der Waals surface area contributed by atoms with E-state index >= 15 is 0 Å². The van der Waals surface area contributed by atoms with E-state index in [9.17, 15) is 4.79 Å². The van der Waals surface area contributed by atoms with Crippen LogP contribution < -0.4 is 0 Å². The Hall–Kier alpha value is -0.410. The molecule has 20 heavy (non-hydrogen) atoms. The van der Waals surface area contributed by atoms with Gasteiger partial charge in [-0.15, -0.1) is 0 Å². The molecule has 1 N–H and O–H groups in total. The molecule has 2 aliphatic rings. The lowest BCUT2D eigenvalue weighted by Crippen LogP contribution is -2.46. The topological polar surface area (TPSA) is 40.5 Å². The second-order valence-electron chi connectivity index (χ2n) is 7.10. The van der Waals surface area contributed by atoms with Crippen molar-refractivity contribution in [2.45, 2.75) is 64.8 Å². The van der Waals surface area contributed by atoms with E-state index in [1.807, 2.05) is 0 Å². The molecule has 0 aromatic carbocycles. The van der Waals surface area contributed by atoms with E-state index in [1.54, 1.807) is 0 Å². The van der Waals surface area contributed by atoms with Crippen molar-refractivity contribution in [2.75, 3.05) is 19.7 Å². The molecule has 0 heterocycles. The number of Topliss-reactive ketones (excluding diaryl/α,β-unsaturated/α-hetero) is 1. The van der Waals surface area contributed by atoms with Crippen LogP contribution in [0.1, 0.15) is 58.8 Å². The molecular weight excluding hydrogens is 250 g/mol. The summed E-state index contributed by atoms with van der Waals surface area (Å²) in [7, 11) is 0. The first-order valence-corrected chi connectivity index (χ1v) is 8.49. The van der Waals surface area contributed by atoms with E-state index in [4.69, 9.17) is 5.11 Å². The van der Waals surface area contributed by atoms with Gasteiger partial charge in [-0.1, -0.05) is 20.3 Å². The normalized spacial score (nSPS) is 28.1. The van der Waals surface area contributed by atoms with Gasteiger partial charge < -0.3 is 5.11 Å². The Bertz CT molecular complexity index is 312. The molecule has 2 saturated carbocycles. The molecule has 116 valence electrons. The number of hydrogen-bond acceptors (Lipinski definition) is 3. The Morgan fingerprint density at radius 1 is 1.30 bits per heavy atom. The summed E-state index contributed by atoms with van der Waals surface area (Å²) >= 11 is 0. The molecule has 3 nitrogen and oxygen atoms in total. The third-order valence-electron chi connectivity index (χ3n) is 5.40. The first-order valence-electron chi connectivity index (χ1n) is 8.49. The number of aliphatic hydroxyl groups is 1. The first kappa shape index (κ1) is 16.0. The second kappa shape index (κ2) is 7.56. The fourth-order valence-corrected chi connectivity index (χ4v) is 3.66. The van der Waals surface area contributed by atoms with Crippen molar-refractivity contribution < 1.29 is 9.90 Å². The van der Waals surface area contributed by atoms with Gasteiger partial charge in [0.25, 0.3) is 0 Å². The summed E-state index contributed by atoms with van der Waals surface area (Å²) in [4.78, 5) is 14.7. The molecule has 2 rings (SSSR count). The van der Waals surface area contributed by atoms with Crippen LogP contribution in [0, 0.1) is 17.8 Å². The van der Waals surface area contributed by atoms with Crippen LogP contribution in [-0.4, -0.2) is 41.5 Å². The Balaban J connectivity index is 1.91. The molecular formula is C17H31NO2.